The fourth-order valence-electron chi connectivity index (χ4n) is 1.45. The summed E-state index contributed by atoms with van der Waals surface area (Å²) in [5.41, 5.74) is -0.143. The maximum atomic E-state index is 13.4. The number of thiophene rings is 1. The lowest BCUT2D eigenvalue weighted by Gasteiger charge is -2.01. The maximum absolute atomic E-state index is 13.4. The number of rotatable bonds is 3. The molecule has 1 heterocycles. The predicted molar refractivity (Wildman–Crippen MR) is 66.2 cm³/mol. The van der Waals surface area contributed by atoms with Gasteiger partial charge in [-0.25, -0.2) is 13.6 Å². The first-order valence-electron chi connectivity index (χ1n) is 5.02. The molecule has 0 fully saturated rings. The van der Waals surface area contributed by atoms with E-state index in [1.54, 1.807) is 17.5 Å². The van der Waals surface area contributed by atoms with Crippen molar-refractivity contribution in [1.82, 2.24) is 0 Å². The summed E-state index contributed by atoms with van der Waals surface area (Å²) >= 11 is 1.22. The van der Waals surface area contributed by atoms with Gasteiger partial charge in [0.15, 0.2) is 0 Å². The quantitative estimate of drug-likeness (QED) is 0.861. The van der Waals surface area contributed by atoms with Gasteiger partial charge in [0, 0.05) is 10.4 Å². The third-order valence-corrected chi connectivity index (χ3v) is 3.18. The van der Waals surface area contributed by atoms with Gasteiger partial charge < -0.3 is 5.11 Å². The topological polar surface area (TPSA) is 37.3 Å². The van der Waals surface area contributed by atoms with Crippen molar-refractivity contribution in [2.45, 2.75) is 0 Å². The molecule has 0 saturated carbocycles. The minimum Gasteiger partial charge on any atom is -0.478 e. The number of hydrogen-bond donors (Lipinski definition) is 1. The molecule has 2 nitrogen and oxygen atoms in total. The van der Waals surface area contributed by atoms with E-state index < -0.39 is 17.6 Å². The van der Waals surface area contributed by atoms with Crippen LogP contribution in [0.4, 0.5) is 8.78 Å². The average molecular weight is 266 g/mol. The molecule has 0 bridgehead atoms. The van der Waals surface area contributed by atoms with E-state index in [2.05, 4.69) is 0 Å². The maximum Gasteiger partial charge on any atom is 0.337 e. The number of benzene rings is 1. The Morgan fingerprint density at radius 2 is 2.06 bits per heavy atom. The van der Waals surface area contributed by atoms with Crippen molar-refractivity contribution in [2.24, 2.45) is 0 Å². The Morgan fingerprint density at radius 3 is 2.67 bits per heavy atom. The number of hydrogen-bond acceptors (Lipinski definition) is 2. The van der Waals surface area contributed by atoms with E-state index in [0.717, 1.165) is 24.3 Å². The molecule has 0 amide bonds. The zero-order valence-electron chi connectivity index (χ0n) is 9.06. The molecule has 1 aromatic heterocycles. The minimum atomic E-state index is -1.18. The van der Waals surface area contributed by atoms with Gasteiger partial charge >= 0.3 is 5.97 Å². The fourth-order valence-corrected chi connectivity index (χ4v) is 2.18. The molecule has 0 saturated heterocycles. The van der Waals surface area contributed by atoms with Crippen LogP contribution < -0.4 is 0 Å². The first kappa shape index (κ1) is 12.4. The van der Waals surface area contributed by atoms with Crippen molar-refractivity contribution in [2.75, 3.05) is 0 Å². The molecule has 0 unspecified atom stereocenters. The first-order valence-corrected chi connectivity index (χ1v) is 5.90. The number of carboxylic acids is 1. The molecule has 1 aromatic carbocycles. The van der Waals surface area contributed by atoms with E-state index in [1.165, 1.54) is 11.3 Å². The Labute approximate surface area is 106 Å². The molecule has 0 radical (unpaired) electrons. The van der Waals surface area contributed by atoms with Gasteiger partial charge in [-0.1, -0.05) is 6.07 Å². The fraction of sp³-hybridized carbons (Fsp3) is 0. The van der Waals surface area contributed by atoms with Crippen molar-refractivity contribution < 1.29 is 18.7 Å². The van der Waals surface area contributed by atoms with Crippen LogP contribution in [0.25, 0.3) is 11.6 Å². The molecule has 92 valence electrons. The van der Waals surface area contributed by atoms with E-state index >= 15 is 0 Å². The standard InChI is InChI=1S/C13H8F2O2S/c14-9-3-4-11(15)8(6-9)7-10(13(16)17)12-2-1-5-18-12/h1-7H,(H,16,17)/b10-7-. The lowest BCUT2D eigenvalue weighted by Crippen LogP contribution is -1.98. The summed E-state index contributed by atoms with van der Waals surface area (Å²) in [5.74, 6) is -2.45. The Morgan fingerprint density at radius 1 is 1.28 bits per heavy atom. The number of carboxylic acid groups (broad SMARTS) is 1. The minimum absolute atomic E-state index is 0.0606. The molecule has 0 aliphatic rings. The smallest absolute Gasteiger partial charge is 0.337 e. The molecule has 2 rings (SSSR count). The Bertz CT molecular complexity index is 603. The number of carbonyl (C=O) groups is 1. The highest BCUT2D eigenvalue weighted by Crippen LogP contribution is 2.24. The van der Waals surface area contributed by atoms with Gasteiger partial charge in [-0.05, 0) is 35.7 Å². The number of aliphatic carboxylic acids is 1. The van der Waals surface area contributed by atoms with Crippen LogP contribution in [0.15, 0.2) is 35.7 Å². The highest BCUT2D eigenvalue weighted by molar-refractivity contribution is 7.11. The Balaban J connectivity index is 2.52. The van der Waals surface area contributed by atoms with Gasteiger partial charge in [-0.2, -0.15) is 0 Å². The summed E-state index contributed by atoms with van der Waals surface area (Å²) in [5, 5.41) is 10.8. The van der Waals surface area contributed by atoms with E-state index in [4.69, 9.17) is 5.11 Å². The SMILES string of the molecule is O=C(O)/C(=C\c1cc(F)ccc1F)c1cccs1. The third kappa shape index (κ3) is 2.62. The van der Waals surface area contributed by atoms with Crippen LogP contribution in [0.1, 0.15) is 10.4 Å². The second kappa shape index (κ2) is 5.10. The van der Waals surface area contributed by atoms with Crippen molar-refractivity contribution in [3.05, 3.63) is 57.8 Å². The summed E-state index contributed by atoms with van der Waals surface area (Å²) < 4.78 is 26.4. The van der Waals surface area contributed by atoms with Crippen LogP contribution >= 0.6 is 11.3 Å². The van der Waals surface area contributed by atoms with Gasteiger partial charge in [0.05, 0.1) is 5.57 Å². The summed E-state index contributed by atoms with van der Waals surface area (Å²) in [6, 6.07) is 6.22. The zero-order chi connectivity index (χ0) is 13.1. The molecule has 0 aliphatic carbocycles. The van der Waals surface area contributed by atoms with Crippen LogP contribution in [0.2, 0.25) is 0 Å². The highest BCUT2D eigenvalue weighted by Gasteiger charge is 2.13. The lowest BCUT2D eigenvalue weighted by atomic mass is 10.1. The summed E-state index contributed by atoms with van der Waals surface area (Å²) in [6.45, 7) is 0. The zero-order valence-corrected chi connectivity index (χ0v) is 9.88. The van der Waals surface area contributed by atoms with Crippen LogP contribution in [-0.4, -0.2) is 11.1 Å². The largest absolute Gasteiger partial charge is 0.478 e. The van der Waals surface area contributed by atoms with Crippen LogP contribution in [0.3, 0.4) is 0 Å². The van der Waals surface area contributed by atoms with Gasteiger partial charge in [0.1, 0.15) is 11.6 Å². The summed E-state index contributed by atoms with van der Waals surface area (Å²) in [6.07, 6.45) is 1.13. The van der Waals surface area contributed by atoms with Gasteiger partial charge in [-0.3, -0.25) is 0 Å². The second-order valence-corrected chi connectivity index (χ2v) is 4.45. The molecule has 18 heavy (non-hydrogen) atoms. The predicted octanol–water partition coefficient (Wildman–Crippen LogP) is 3.65. The van der Waals surface area contributed by atoms with E-state index in [9.17, 15) is 13.6 Å². The Hall–Kier alpha value is -2.01. The van der Waals surface area contributed by atoms with Crippen LogP contribution in [0.5, 0.6) is 0 Å². The van der Waals surface area contributed by atoms with Gasteiger partial charge in [0.2, 0.25) is 0 Å². The summed E-state index contributed by atoms with van der Waals surface area (Å²) in [7, 11) is 0. The van der Waals surface area contributed by atoms with Crippen LogP contribution in [0, 0.1) is 11.6 Å². The first-order chi connectivity index (χ1) is 8.58. The van der Waals surface area contributed by atoms with Crippen LogP contribution in [-0.2, 0) is 4.79 Å². The molecule has 1 N–H and O–H groups in total. The molecule has 0 atom stereocenters. The number of halogens is 2. The third-order valence-electron chi connectivity index (χ3n) is 2.27. The second-order valence-electron chi connectivity index (χ2n) is 3.51. The van der Waals surface area contributed by atoms with Gasteiger partial charge in [-0.15, -0.1) is 11.3 Å². The molecule has 0 spiro atoms. The molecule has 0 aliphatic heterocycles. The molecular weight excluding hydrogens is 258 g/mol. The van der Waals surface area contributed by atoms with E-state index in [1.807, 2.05) is 0 Å². The van der Waals surface area contributed by atoms with Gasteiger partial charge in [0.25, 0.3) is 0 Å². The van der Waals surface area contributed by atoms with Crippen molar-refractivity contribution in [3.63, 3.8) is 0 Å². The average Bonchev–Trinajstić information content (AvgIpc) is 2.83. The molecular formula is C13H8F2O2S. The van der Waals surface area contributed by atoms with Crippen molar-refractivity contribution >= 4 is 29.0 Å². The monoisotopic (exact) mass is 266 g/mol. The lowest BCUT2D eigenvalue weighted by molar-refractivity contribution is -0.130. The molecule has 5 heteroatoms. The molecule has 2 aromatic rings. The van der Waals surface area contributed by atoms with E-state index in [-0.39, 0.29) is 11.1 Å². The summed E-state index contributed by atoms with van der Waals surface area (Å²) in [4.78, 5) is 11.6. The highest BCUT2D eigenvalue weighted by atomic mass is 32.1. The Kier molecular flexibility index (Phi) is 3.53. The van der Waals surface area contributed by atoms with E-state index in [0.29, 0.717) is 4.88 Å². The van der Waals surface area contributed by atoms with Crippen molar-refractivity contribution in [3.8, 4) is 0 Å². The normalized spacial score (nSPS) is 11.6. The van der Waals surface area contributed by atoms with Crippen molar-refractivity contribution in [1.29, 1.82) is 0 Å².